The molecule has 0 unspecified atom stereocenters. The molecule has 2 heterocycles. The van der Waals surface area contributed by atoms with Gasteiger partial charge < -0.3 is 9.88 Å². The van der Waals surface area contributed by atoms with Gasteiger partial charge in [-0.25, -0.2) is 14.4 Å². The van der Waals surface area contributed by atoms with Crippen molar-refractivity contribution in [1.29, 1.82) is 0 Å². The van der Waals surface area contributed by atoms with Crippen LogP contribution in [0, 0.1) is 12.7 Å². The van der Waals surface area contributed by atoms with Crippen LogP contribution in [0.1, 0.15) is 10.7 Å². The predicted molar refractivity (Wildman–Crippen MR) is 74.8 cm³/mol. The molecule has 0 amide bonds. The van der Waals surface area contributed by atoms with Crippen LogP contribution in [-0.4, -0.2) is 14.5 Å². The summed E-state index contributed by atoms with van der Waals surface area (Å²) < 4.78 is 15.1. The lowest BCUT2D eigenvalue weighted by molar-refractivity contribution is 0.629. The van der Waals surface area contributed by atoms with E-state index < -0.39 is 0 Å². The fourth-order valence-electron chi connectivity index (χ4n) is 1.97. The van der Waals surface area contributed by atoms with E-state index in [1.54, 1.807) is 17.4 Å². The van der Waals surface area contributed by atoms with Crippen LogP contribution in [0.5, 0.6) is 0 Å². The zero-order valence-electron chi connectivity index (χ0n) is 10.6. The van der Waals surface area contributed by atoms with Crippen LogP contribution in [-0.2, 0) is 13.6 Å². The largest absolute Gasteiger partial charge is 0.349 e. The standard InChI is InChI=1S/C13H13FN4S/c1-8-7-19-12(16-8)6-15-13-17-10-5-9(14)3-4-11(10)18(13)2/h3-5,7H,6H2,1-2H3,(H,15,17). The zero-order valence-corrected chi connectivity index (χ0v) is 11.5. The quantitative estimate of drug-likeness (QED) is 0.799. The maximum atomic E-state index is 13.2. The summed E-state index contributed by atoms with van der Waals surface area (Å²) >= 11 is 1.61. The second-order valence-corrected chi connectivity index (χ2v) is 5.31. The van der Waals surface area contributed by atoms with Crippen LogP contribution in [0.4, 0.5) is 10.3 Å². The summed E-state index contributed by atoms with van der Waals surface area (Å²) in [6, 6.07) is 4.61. The molecule has 3 aromatic rings. The molecule has 0 aliphatic carbocycles. The summed E-state index contributed by atoms with van der Waals surface area (Å²) in [7, 11) is 1.91. The molecular weight excluding hydrogens is 263 g/mol. The smallest absolute Gasteiger partial charge is 0.203 e. The Morgan fingerprint density at radius 3 is 2.95 bits per heavy atom. The van der Waals surface area contributed by atoms with Crippen LogP contribution in [0.2, 0.25) is 0 Å². The molecule has 0 atom stereocenters. The highest BCUT2D eigenvalue weighted by molar-refractivity contribution is 7.09. The fourth-order valence-corrected chi connectivity index (χ4v) is 2.68. The van der Waals surface area contributed by atoms with Gasteiger partial charge in [0.05, 0.1) is 17.6 Å². The van der Waals surface area contributed by atoms with Crippen LogP contribution < -0.4 is 5.32 Å². The number of benzene rings is 1. The van der Waals surface area contributed by atoms with Crippen molar-refractivity contribution >= 4 is 28.3 Å². The number of halogens is 1. The first-order valence-corrected chi connectivity index (χ1v) is 6.78. The van der Waals surface area contributed by atoms with Crippen LogP contribution in [0.15, 0.2) is 23.6 Å². The lowest BCUT2D eigenvalue weighted by atomic mass is 10.3. The number of aryl methyl sites for hydroxylation is 2. The van der Waals surface area contributed by atoms with Crippen molar-refractivity contribution in [2.24, 2.45) is 7.05 Å². The molecule has 0 radical (unpaired) electrons. The summed E-state index contributed by atoms with van der Waals surface area (Å²) in [5.41, 5.74) is 2.58. The van der Waals surface area contributed by atoms with Gasteiger partial charge in [-0.15, -0.1) is 11.3 Å². The van der Waals surface area contributed by atoms with Crippen molar-refractivity contribution in [3.63, 3.8) is 0 Å². The minimum absolute atomic E-state index is 0.271. The first-order chi connectivity index (χ1) is 9.13. The number of hydrogen-bond donors (Lipinski definition) is 1. The molecule has 0 aliphatic heterocycles. The highest BCUT2D eigenvalue weighted by Gasteiger charge is 2.08. The third kappa shape index (κ3) is 2.31. The molecule has 98 valence electrons. The van der Waals surface area contributed by atoms with E-state index in [1.807, 2.05) is 23.9 Å². The van der Waals surface area contributed by atoms with Crippen molar-refractivity contribution in [2.45, 2.75) is 13.5 Å². The Morgan fingerprint density at radius 1 is 1.37 bits per heavy atom. The fraction of sp³-hybridized carbons (Fsp3) is 0.231. The van der Waals surface area contributed by atoms with E-state index in [2.05, 4.69) is 15.3 Å². The van der Waals surface area contributed by atoms with Crippen LogP contribution in [0.3, 0.4) is 0 Å². The normalized spacial score (nSPS) is 11.1. The number of hydrogen-bond acceptors (Lipinski definition) is 4. The van der Waals surface area contributed by atoms with Crippen LogP contribution in [0.25, 0.3) is 11.0 Å². The number of aromatic nitrogens is 3. The Bertz CT molecular complexity index is 731. The van der Waals surface area contributed by atoms with Gasteiger partial charge in [0.15, 0.2) is 0 Å². The van der Waals surface area contributed by atoms with Gasteiger partial charge in [0.25, 0.3) is 0 Å². The van der Waals surface area contributed by atoms with Gasteiger partial charge in [-0.3, -0.25) is 0 Å². The topological polar surface area (TPSA) is 42.7 Å². The second kappa shape index (κ2) is 4.62. The average Bonchev–Trinajstić information content (AvgIpc) is 2.91. The minimum atomic E-state index is -0.271. The Kier molecular flexibility index (Phi) is 2.94. The first-order valence-electron chi connectivity index (χ1n) is 5.90. The highest BCUT2D eigenvalue weighted by Crippen LogP contribution is 2.20. The summed E-state index contributed by atoms with van der Waals surface area (Å²) in [5.74, 6) is 0.446. The lowest BCUT2D eigenvalue weighted by Crippen LogP contribution is -2.04. The zero-order chi connectivity index (χ0) is 13.4. The highest BCUT2D eigenvalue weighted by atomic mass is 32.1. The van der Waals surface area contributed by atoms with Gasteiger partial charge in [0.1, 0.15) is 10.8 Å². The Labute approximate surface area is 113 Å². The van der Waals surface area contributed by atoms with Gasteiger partial charge in [-0.2, -0.15) is 0 Å². The third-order valence-corrected chi connectivity index (χ3v) is 3.87. The molecule has 1 aromatic carbocycles. The van der Waals surface area contributed by atoms with Gasteiger partial charge >= 0.3 is 0 Å². The number of nitrogens with one attached hydrogen (secondary N) is 1. The maximum Gasteiger partial charge on any atom is 0.203 e. The van der Waals surface area contributed by atoms with E-state index in [4.69, 9.17) is 0 Å². The Hall–Kier alpha value is -1.95. The average molecular weight is 276 g/mol. The van der Waals surface area contributed by atoms with E-state index in [1.165, 1.54) is 12.1 Å². The summed E-state index contributed by atoms with van der Waals surface area (Å²) in [6.45, 7) is 2.59. The number of rotatable bonds is 3. The van der Waals surface area contributed by atoms with Crippen molar-refractivity contribution in [1.82, 2.24) is 14.5 Å². The molecule has 0 fully saturated rings. The monoisotopic (exact) mass is 276 g/mol. The van der Waals surface area contributed by atoms with Crippen molar-refractivity contribution in [2.75, 3.05) is 5.32 Å². The number of thiazole rings is 1. The Morgan fingerprint density at radius 2 is 2.21 bits per heavy atom. The molecule has 0 bridgehead atoms. The second-order valence-electron chi connectivity index (χ2n) is 4.36. The van der Waals surface area contributed by atoms with E-state index >= 15 is 0 Å². The van der Waals surface area contributed by atoms with Crippen molar-refractivity contribution < 1.29 is 4.39 Å². The van der Waals surface area contributed by atoms with Gasteiger partial charge in [-0.05, 0) is 19.1 Å². The molecule has 0 spiro atoms. The summed E-state index contributed by atoms with van der Waals surface area (Å²) in [5, 5.41) is 6.25. The number of anilines is 1. The predicted octanol–water partition coefficient (Wildman–Crippen LogP) is 3.09. The number of imidazole rings is 1. The van der Waals surface area contributed by atoms with Crippen LogP contribution >= 0.6 is 11.3 Å². The molecule has 19 heavy (non-hydrogen) atoms. The van der Waals surface area contributed by atoms with E-state index in [-0.39, 0.29) is 5.82 Å². The minimum Gasteiger partial charge on any atom is -0.349 e. The van der Waals surface area contributed by atoms with Crippen molar-refractivity contribution in [3.05, 3.63) is 40.1 Å². The number of nitrogens with zero attached hydrogens (tertiary/aromatic N) is 3. The molecule has 3 rings (SSSR count). The van der Waals surface area contributed by atoms with E-state index in [9.17, 15) is 4.39 Å². The van der Waals surface area contributed by atoms with E-state index in [0.717, 1.165) is 16.2 Å². The Balaban J connectivity index is 1.86. The molecule has 0 saturated heterocycles. The maximum absolute atomic E-state index is 13.2. The molecular formula is C13H13FN4S. The number of fused-ring (bicyclic) bond motifs is 1. The van der Waals surface area contributed by atoms with Gasteiger partial charge in [0.2, 0.25) is 5.95 Å². The molecule has 2 aromatic heterocycles. The third-order valence-electron chi connectivity index (χ3n) is 2.91. The van der Waals surface area contributed by atoms with Gasteiger partial charge in [0, 0.05) is 24.2 Å². The lowest BCUT2D eigenvalue weighted by Gasteiger charge is -2.03. The SMILES string of the molecule is Cc1csc(CNc2nc3cc(F)ccc3n2C)n1. The molecule has 6 heteroatoms. The molecule has 4 nitrogen and oxygen atoms in total. The first kappa shape index (κ1) is 12.1. The molecule has 0 aliphatic rings. The summed E-state index contributed by atoms with van der Waals surface area (Å²) in [4.78, 5) is 8.77. The van der Waals surface area contributed by atoms with E-state index in [0.29, 0.717) is 18.0 Å². The van der Waals surface area contributed by atoms with Crippen molar-refractivity contribution in [3.8, 4) is 0 Å². The summed E-state index contributed by atoms with van der Waals surface area (Å²) in [6.07, 6.45) is 0. The van der Waals surface area contributed by atoms with Gasteiger partial charge in [-0.1, -0.05) is 0 Å². The molecule has 1 N–H and O–H groups in total. The molecule has 0 saturated carbocycles.